The van der Waals surface area contributed by atoms with E-state index < -0.39 is 0 Å². The smallest absolute Gasteiger partial charge is 0.260 e. The Labute approximate surface area is 177 Å². The normalized spacial score (nSPS) is 19.0. The van der Waals surface area contributed by atoms with Gasteiger partial charge in [0.25, 0.3) is 5.91 Å². The number of anilines is 3. The van der Waals surface area contributed by atoms with Crippen LogP contribution >= 0.6 is 11.6 Å². The molecular formula is C23H27ClN2O3. The highest BCUT2D eigenvalue weighted by Crippen LogP contribution is 2.41. The molecule has 154 valence electrons. The molecule has 0 saturated carbocycles. The zero-order valence-electron chi connectivity index (χ0n) is 16.8. The van der Waals surface area contributed by atoms with Gasteiger partial charge in [0.2, 0.25) is 0 Å². The van der Waals surface area contributed by atoms with E-state index in [-0.39, 0.29) is 12.2 Å². The minimum Gasteiger partial charge on any atom is -0.353 e. The van der Waals surface area contributed by atoms with Crippen LogP contribution in [0.15, 0.2) is 42.5 Å². The summed E-state index contributed by atoms with van der Waals surface area (Å²) < 4.78 is 11.6. The quantitative estimate of drug-likeness (QED) is 0.635. The Morgan fingerprint density at radius 3 is 2.59 bits per heavy atom. The summed E-state index contributed by atoms with van der Waals surface area (Å²) in [7, 11) is 0. The van der Waals surface area contributed by atoms with Crippen molar-refractivity contribution < 1.29 is 14.3 Å². The highest BCUT2D eigenvalue weighted by Gasteiger charge is 2.30. The highest BCUT2D eigenvalue weighted by atomic mass is 35.5. The number of carbonyl (C=O) groups is 1. The maximum absolute atomic E-state index is 13.5. The van der Waals surface area contributed by atoms with Gasteiger partial charge in [0.05, 0.1) is 29.2 Å². The molecule has 0 bridgehead atoms. The lowest BCUT2D eigenvalue weighted by Crippen LogP contribution is -2.35. The standard InChI is InChI=1S/C23H27ClN2O3/c1-2-12-25-19-7-3-4-8-20(19)26(13-15-29-22-9-5-6-14-28-22)23(27)18-11-10-17(24)16-21(18)25/h3-4,7-8,10-11,16,22H,2,5-6,9,12-15H2,1H3. The lowest BCUT2D eigenvalue weighted by Gasteiger charge is -2.28. The summed E-state index contributed by atoms with van der Waals surface area (Å²) >= 11 is 6.29. The van der Waals surface area contributed by atoms with Gasteiger partial charge in [-0.15, -0.1) is 0 Å². The van der Waals surface area contributed by atoms with Crippen molar-refractivity contribution in [2.45, 2.75) is 38.9 Å². The zero-order chi connectivity index (χ0) is 20.2. The molecule has 2 aromatic carbocycles. The van der Waals surface area contributed by atoms with E-state index in [4.69, 9.17) is 21.1 Å². The van der Waals surface area contributed by atoms with Crippen molar-refractivity contribution in [3.63, 3.8) is 0 Å². The van der Waals surface area contributed by atoms with E-state index in [0.717, 1.165) is 55.9 Å². The first-order valence-corrected chi connectivity index (χ1v) is 10.8. The molecule has 6 heteroatoms. The molecule has 0 aromatic heterocycles. The molecule has 5 nitrogen and oxygen atoms in total. The number of nitrogens with zero attached hydrogens (tertiary/aromatic N) is 2. The van der Waals surface area contributed by atoms with Crippen LogP contribution in [-0.2, 0) is 9.47 Å². The molecule has 1 amide bonds. The third-order valence-corrected chi connectivity index (χ3v) is 5.63. The minimum atomic E-state index is -0.163. The van der Waals surface area contributed by atoms with E-state index in [0.29, 0.717) is 23.7 Å². The van der Waals surface area contributed by atoms with Crippen molar-refractivity contribution in [1.82, 2.24) is 0 Å². The molecule has 2 aliphatic rings. The predicted octanol–water partition coefficient (Wildman–Crippen LogP) is 5.39. The second-order valence-corrected chi connectivity index (χ2v) is 7.86. The van der Waals surface area contributed by atoms with Gasteiger partial charge >= 0.3 is 0 Å². The third-order valence-electron chi connectivity index (χ3n) is 5.39. The van der Waals surface area contributed by atoms with E-state index in [1.807, 2.05) is 35.2 Å². The van der Waals surface area contributed by atoms with E-state index in [2.05, 4.69) is 17.9 Å². The summed E-state index contributed by atoms with van der Waals surface area (Å²) in [5.41, 5.74) is 3.42. The van der Waals surface area contributed by atoms with Gasteiger partial charge in [-0.25, -0.2) is 0 Å². The number of hydrogen-bond acceptors (Lipinski definition) is 4. The SMILES string of the molecule is CCCN1c2cc(Cl)ccc2C(=O)N(CCOC2CCCCO2)c2ccccc21. The first kappa shape index (κ1) is 20.2. The van der Waals surface area contributed by atoms with Gasteiger partial charge in [-0.1, -0.05) is 30.7 Å². The summed E-state index contributed by atoms with van der Waals surface area (Å²) in [6, 6.07) is 13.5. The van der Waals surface area contributed by atoms with Crippen LogP contribution < -0.4 is 9.80 Å². The van der Waals surface area contributed by atoms with Gasteiger partial charge in [-0.3, -0.25) is 4.79 Å². The maximum atomic E-state index is 13.5. The largest absolute Gasteiger partial charge is 0.353 e. The summed E-state index contributed by atoms with van der Waals surface area (Å²) in [6.45, 7) is 4.59. The third kappa shape index (κ3) is 4.27. The van der Waals surface area contributed by atoms with Crippen molar-refractivity contribution in [3.05, 3.63) is 53.1 Å². The fourth-order valence-electron chi connectivity index (χ4n) is 4.02. The number of para-hydroxylation sites is 2. The van der Waals surface area contributed by atoms with Crippen LogP contribution in [0.5, 0.6) is 0 Å². The van der Waals surface area contributed by atoms with Crippen LogP contribution in [0.4, 0.5) is 17.1 Å². The Morgan fingerprint density at radius 1 is 1.07 bits per heavy atom. The molecule has 4 rings (SSSR count). The first-order valence-electron chi connectivity index (χ1n) is 10.4. The molecule has 2 aromatic rings. The minimum absolute atomic E-state index is 0.0316. The van der Waals surface area contributed by atoms with Crippen molar-refractivity contribution in [2.75, 3.05) is 36.1 Å². The van der Waals surface area contributed by atoms with Crippen molar-refractivity contribution in [3.8, 4) is 0 Å². The van der Waals surface area contributed by atoms with Crippen LogP contribution in [-0.4, -0.2) is 38.5 Å². The van der Waals surface area contributed by atoms with Crippen LogP contribution in [0.1, 0.15) is 43.0 Å². The van der Waals surface area contributed by atoms with Crippen molar-refractivity contribution in [1.29, 1.82) is 0 Å². The van der Waals surface area contributed by atoms with Crippen LogP contribution in [0, 0.1) is 0 Å². The fourth-order valence-corrected chi connectivity index (χ4v) is 4.19. The molecule has 1 unspecified atom stereocenters. The Morgan fingerprint density at radius 2 is 1.86 bits per heavy atom. The summed E-state index contributed by atoms with van der Waals surface area (Å²) in [5, 5.41) is 0.626. The van der Waals surface area contributed by atoms with E-state index in [1.54, 1.807) is 6.07 Å². The van der Waals surface area contributed by atoms with Gasteiger partial charge in [-0.2, -0.15) is 0 Å². The number of amides is 1. The van der Waals surface area contributed by atoms with Gasteiger partial charge in [-0.05, 0) is 56.0 Å². The summed E-state index contributed by atoms with van der Waals surface area (Å²) in [4.78, 5) is 17.5. The zero-order valence-corrected chi connectivity index (χ0v) is 17.5. The molecule has 0 radical (unpaired) electrons. The number of hydrogen-bond donors (Lipinski definition) is 0. The Bertz CT molecular complexity index is 867. The Hall–Kier alpha value is -2.08. The molecular weight excluding hydrogens is 388 g/mol. The first-order chi connectivity index (χ1) is 14.2. The van der Waals surface area contributed by atoms with Crippen LogP contribution in [0.2, 0.25) is 5.02 Å². The molecule has 0 spiro atoms. The highest BCUT2D eigenvalue weighted by molar-refractivity contribution is 6.31. The Balaban J connectivity index is 1.66. The van der Waals surface area contributed by atoms with E-state index in [1.165, 1.54) is 0 Å². The lowest BCUT2D eigenvalue weighted by molar-refractivity contribution is -0.160. The van der Waals surface area contributed by atoms with E-state index >= 15 is 0 Å². The molecule has 29 heavy (non-hydrogen) atoms. The molecule has 2 heterocycles. The molecule has 0 aliphatic carbocycles. The van der Waals surface area contributed by atoms with Crippen LogP contribution in [0.3, 0.4) is 0 Å². The topological polar surface area (TPSA) is 42.0 Å². The number of rotatable bonds is 6. The lowest BCUT2D eigenvalue weighted by atomic mass is 10.1. The van der Waals surface area contributed by atoms with E-state index in [9.17, 15) is 4.79 Å². The number of halogens is 1. The maximum Gasteiger partial charge on any atom is 0.260 e. The van der Waals surface area contributed by atoms with Crippen molar-refractivity contribution >= 4 is 34.6 Å². The van der Waals surface area contributed by atoms with Gasteiger partial charge in [0.1, 0.15) is 0 Å². The van der Waals surface area contributed by atoms with Gasteiger partial charge in [0.15, 0.2) is 6.29 Å². The summed E-state index contributed by atoms with van der Waals surface area (Å²) in [6.07, 6.45) is 3.91. The molecule has 1 fully saturated rings. The average molecular weight is 415 g/mol. The van der Waals surface area contributed by atoms with Crippen LogP contribution in [0.25, 0.3) is 0 Å². The number of fused-ring (bicyclic) bond motifs is 2. The Kier molecular flexibility index (Phi) is 6.38. The number of carbonyl (C=O) groups excluding carboxylic acids is 1. The van der Waals surface area contributed by atoms with Crippen molar-refractivity contribution in [2.24, 2.45) is 0 Å². The predicted molar refractivity (Wildman–Crippen MR) is 116 cm³/mol. The number of benzene rings is 2. The fraction of sp³-hybridized carbons (Fsp3) is 0.435. The average Bonchev–Trinajstić information content (AvgIpc) is 2.84. The molecule has 0 N–H and O–H groups in total. The van der Waals surface area contributed by atoms with Gasteiger partial charge < -0.3 is 19.3 Å². The second kappa shape index (κ2) is 9.16. The number of ether oxygens (including phenoxy) is 2. The monoisotopic (exact) mass is 414 g/mol. The molecule has 1 atom stereocenters. The summed E-state index contributed by atoms with van der Waals surface area (Å²) in [5.74, 6) is -0.0316. The van der Waals surface area contributed by atoms with Gasteiger partial charge in [0, 0.05) is 24.7 Å². The second-order valence-electron chi connectivity index (χ2n) is 7.43. The molecule has 2 aliphatic heterocycles. The molecule has 1 saturated heterocycles.